The maximum absolute atomic E-state index is 12.5. The molecule has 0 bridgehead atoms. The van der Waals surface area contributed by atoms with Crippen LogP contribution in [0.5, 0.6) is 0 Å². The van der Waals surface area contributed by atoms with E-state index in [1.807, 2.05) is 24.5 Å². The van der Waals surface area contributed by atoms with E-state index in [1.165, 1.54) is 11.1 Å². The Morgan fingerprint density at radius 3 is 2.08 bits per heavy atom. The fourth-order valence-electron chi connectivity index (χ4n) is 2.89. The third-order valence-electron chi connectivity index (χ3n) is 4.44. The van der Waals surface area contributed by atoms with E-state index in [9.17, 15) is 4.79 Å². The van der Waals surface area contributed by atoms with Crippen LogP contribution in [0.1, 0.15) is 34.7 Å². The highest BCUT2D eigenvalue weighted by Crippen LogP contribution is 2.23. The molecule has 0 aliphatic carbocycles. The van der Waals surface area contributed by atoms with Gasteiger partial charge < -0.3 is 9.88 Å². The number of amides is 1. The van der Waals surface area contributed by atoms with E-state index in [4.69, 9.17) is 0 Å². The Morgan fingerprint density at radius 1 is 0.920 bits per heavy atom. The van der Waals surface area contributed by atoms with Gasteiger partial charge in [0, 0.05) is 18.9 Å². The molecular formula is C22H24N2O. The maximum atomic E-state index is 12.5. The topological polar surface area (TPSA) is 34.0 Å². The highest BCUT2D eigenvalue weighted by atomic mass is 16.1. The maximum Gasteiger partial charge on any atom is 0.222 e. The lowest BCUT2D eigenvalue weighted by molar-refractivity contribution is -0.121. The standard InChI is InChI=1S/C22H24N2O/c1-17-5-9-19(10-6-17)16-23-22(25)15-21(24-13-3-4-14-24)20-11-7-18(2)8-12-20/h3-14,21H,15-16H2,1-2H3,(H,23,25). The van der Waals surface area contributed by atoms with Gasteiger partial charge in [0.2, 0.25) is 5.91 Å². The second-order valence-corrected chi connectivity index (χ2v) is 6.52. The number of benzene rings is 2. The summed E-state index contributed by atoms with van der Waals surface area (Å²) in [6.45, 7) is 4.69. The zero-order valence-electron chi connectivity index (χ0n) is 14.8. The first-order valence-electron chi connectivity index (χ1n) is 8.63. The molecule has 3 heteroatoms. The van der Waals surface area contributed by atoms with E-state index >= 15 is 0 Å². The minimum Gasteiger partial charge on any atom is -0.352 e. The molecule has 1 unspecified atom stereocenters. The van der Waals surface area contributed by atoms with E-state index < -0.39 is 0 Å². The second-order valence-electron chi connectivity index (χ2n) is 6.52. The van der Waals surface area contributed by atoms with Gasteiger partial charge in [0.15, 0.2) is 0 Å². The van der Waals surface area contributed by atoms with Crippen molar-refractivity contribution < 1.29 is 4.79 Å². The van der Waals surface area contributed by atoms with E-state index in [1.54, 1.807) is 0 Å². The molecule has 0 radical (unpaired) electrons. The lowest BCUT2D eigenvalue weighted by Crippen LogP contribution is -2.26. The van der Waals surface area contributed by atoms with Gasteiger partial charge in [0.1, 0.15) is 0 Å². The van der Waals surface area contributed by atoms with Crippen molar-refractivity contribution >= 4 is 5.91 Å². The molecule has 128 valence electrons. The summed E-state index contributed by atoms with van der Waals surface area (Å²) in [6, 6.07) is 20.6. The van der Waals surface area contributed by atoms with E-state index in [0.717, 1.165) is 11.1 Å². The minimum atomic E-state index is 0.00798. The van der Waals surface area contributed by atoms with E-state index in [-0.39, 0.29) is 11.9 Å². The highest BCUT2D eigenvalue weighted by Gasteiger charge is 2.17. The quantitative estimate of drug-likeness (QED) is 0.713. The van der Waals surface area contributed by atoms with Gasteiger partial charge >= 0.3 is 0 Å². The van der Waals surface area contributed by atoms with Gasteiger partial charge in [-0.1, -0.05) is 59.7 Å². The van der Waals surface area contributed by atoms with Gasteiger partial charge in [0.25, 0.3) is 0 Å². The van der Waals surface area contributed by atoms with E-state index in [2.05, 4.69) is 72.3 Å². The average molecular weight is 332 g/mol. The Balaban J connectivity index is 1.68. The monoisotopic (exact) mass is 332 g/mol. The molecule has 1 atom stereocenters. The fraction of sp³-hybridized carbons (Fsp3) is 0.227. The number of hydrogen-bond donors (Lipinski definition) is 1. The van der Waals surface area contributed by atoms with Crippen LogP contribution < -0.4 is 5.32 Å². The molecule has 1 N–H and O–H groups in total. The Bertz CT molecular complexity index is 802. The van der Waals surface area contributed by atoms with Crippen molar-refractivity contribution in [1.82, 2.24) is 9.88 Å². The first-order valence-corrected chi connectivity index (χ1v) is 8.63. The van der Waals surface area contributed by atoms with Crippen LogP contribution >= 0.6 is 0 Å². The largest absolute Gasteiger partial charge is 0.352 e. The molecule has 3 rings (SSSR count). The minimum absolute atomic E-state index is 0.00798. The number of nitrogens with one attached hydrogen (secondary N) is 1. The summed E-state index contributed by atoms with van der Waals surface area (Å²) >= 11 is 0. The Kier molecular flexibility index (Phi) is 5.34. The third kappa shape index (κ3) is 4.60. The van der Waals surface area contributed by atoms with Crippen LogP contribution in [0.3, 0.4) is 0 Å². The molecule has 3 nitrogen and oxygen atoms in total. The molecule has 0 aliphatic heterocycles. The summed E-state index contributed by atoms with van der Waals surface area (Å²) in [5.41, 5.74) is 4.71. The van der Waals surface area contributed by atoms with Gasteiger partial charge in [-0.2, -0.15) is 0 Å². The number of hydrogen-bond acceptors (Lipinski definition) is 1. The number of nitrogens with zero attached hydrogens (tertiary/aromatic N) is 1. The number of carbonyl (C=O) groups is 1. The molecule has 0 fully saturated rings. The van der Waals surface area contributed by atoms with Crippen molar-refractivity contribution in [2.24, 2.45) is 0 Å². The van der Waals surface area contributed by atoms with E-state index in [0.29, 0.717) is 13.0 Å². The molecular weight excluding hydrogens is 308 g/mol. The zero-order valence-corrected chi connectivity index (χ0v) is 14.8. The number of aromatic nitrogens is 1. The van der Waals surface area contributed by atoms with Crippen molar-refractivity contribution in [3.63, 3.8) is 0 Å². The molecule has 25 heavy (non-hydrogen) atoms. The molecule has 1 amide bonds. The van der Waals surface area contributed by atoms with Crippen molar-refractivity contribution in [1.29, 1.82) is 0 Å². The van der Waals surface area contributed by atoms with Crippen molar-refractivity contribution in [2.75, 3.05) is 0 Å². The lowest BCUT2D eigenvalue weighted by atomic mass is 10.0. The van der Waals surface area contributed by atoms with Crippen LogP contribution in [0.4, 0.5) is 0 Å². The SMILES string of the molecule is Cc1ccc(CNC(=O)CC(c2ccc(C)cc2)n2cccc2)cc1. The molecule has 0 saturated heterocycles. The third-order valence-corrected chi connectivity index (χ3v) is 4.44. The number of carbonyl (C=O) groups excluding carboxylic acids is 1. The smallest absolute Gasteiger partial charge is 0.222 e. The van der Waals surface area contributed by atoms with Crippen molar-refractivity contribution in [3.8, 4) is 0 Å². The summed E-state index contributed by atoms with van der Waals surface area (Å²) in [7, 11) is 0. The molecule has 3 aromatic rings. The summed E-state index contributed by atoms with van der Waals surface area (Å²) in [4.78, 5) is 12.5. The van der Waals surface area contributed by atoms with Gasteiger partial charge in [-0.3, -0.25) is 4.79 Å². The second kappa shape index (κ2) is 7.84. The molecule has 1 aromatic heterocycles. The van der Waals surface area contributed by atoms with Crippen LogP contribution in [0, 0.1) is 13.8 Å². The van der Waals surface area contributed by atoms with Crippen molar-refractivity contribution in [3.05, 3.63) is 95.3 Å². The van der Waals surface area contributed by atoms with Crippen molar-refractivity contribution in [2.45, 2.75) is 32.9 Å². The highest BCUT2D eigenvalue weighted by molar-refractivity contribution is 5.76. The van der Waals surface area contributed by atoms with Gasteiger partial charge in [-0.25, -0.2) is 0 Å². The Hall–Kier alpha value is -2.81. The lowest BCUT2D eigenvalue weighted by Gasteiger charge is -2.19. The Labute approximate surface area is 149 Å². The predicted octanol–water partition coefficient (Wildman–Crippen LogP) is 4.40. The Morgan fingerprint density at radius 2 is 1.48 bits per heavy atom. The average Bonchev–Trinajstić information content (AvgIpc) is 3.14. The summed E-state index contributed by atoms with van der Waals surface area (Å²) in [6.07, 6.45) is 4.44. The molecule has 0 aliphatic rings. The van der Waals surface area contributed by atoms with Crippen LogP contribution in [-0.4, -0.2) is 10.5 Å². The van der Waals surface area contributed by atoms with Crippen LogP contribution in [0.15, 0.2) is 73.1 Å². The van der Waals surface area contributed by atoms with Gasteiger partial charge in [-0.05, 0) is 37.1 Å². The zero-order chi connectivity index (χ0) is 17.6. The number of aryl methyl sites for hydroxylation is 2. The van der Waals surface area contributed by atoms with Crippen LogP contribution in [0.2, 0.25) is 0 Å². The first kappa shape index (κ1) is 17.0. The molecule has 1 heterocycles. The molecule has 0 saturated carbocycles. The summed E-state index contributed by atoms with van der Waals surface area (Å²) in [5, 5.41) is 3.04. The molecule has 2 aromatic carbocycles. The number of rotatable bonds is 6. The van der Waals surface area contributed by atoms with Gasteiger partial charge in [-0.15, -0.1) is 0 Å². The first-order chi connectivity index (χ1) is 12.1. The van der Waals surface area contributed by atoms with Crippen LogP contribution in [0.25, 0.3) is 0 Å². The normalized spacial score (nSPS) is 11.9. The molecule has 0 spiro atoms. The summed E-state index contributed by atoms with van der Waals surface area (Å²) in [5.74, 6) is 0.0554. The fourth-order valence-corrected chi connectivity index (χ4v) is 2.89. The van der Waals surface area contributed by atoms with Gasteiger partial charge in [0.05, 0.1) is 12.5 Å². The predicted molar refractivity (Wildman–Crippen MR) is 101 cm³/mol. The summed E-state index contributed by atoms with van der Waals surface area (Å²) < 4.78 is 2.09. The van der Waals surface area contributed by atoms with Crippen LogP contribution in [-0.2, 0) is 11.3 Å².